The van der Waals surface area contributed by atoms with Crippen LogP contribution in [0.15, 0.2) is 4.99 Å². The number of carbonyl (C=O) groups is 1. The molecule has 1 rings (SSSR count). The fraction of sp³-hybridized carbons (Fsp3) is 0.857. The third-order valence-electron chi connectivity index (χ3n) is 3.19. The van der Waals surface area contributed by atoms with Crippen molar-refractivity contribution in [3.63, 3.8) is 0 Å². The average Bonchev–Trinajstić information content (AvgIpc) is 2.38. The van der Waals surface area contributed by atoms with Gasteiger partial charge in [0.2, 0.25) is 0 Å². The fourth-order valence-electron chi connectivity index (χ4n) is 2.24. The average molecular weight is 412 g/mol. The summed E-state index contributed by atoms with van der Waals surface area (Å²) in [5.41, 5.74) is -0.434. The summed E-state index contributed by atoms with van der Waals surface area (Å²) in [6, 6.07) is 0. The topological polar surface area (TPSA) is 66.0 Å². The molecule has 0 aromatic heterocycles. The summed E-state index contributed by atoms with van der Waals surface area (Å²) in [5, 5.41) is 6.25. The van der Waals surface area contributed by atoms with Gasteiger partial charge < -0.3 is 20.3 Å². The minimum absolute atomic E-state index is 0. The number of hydrogen-bond donors (Lipinski definition) is 2. The molecular weight excluding hydrogens is 383 g/mol. The van der Waals surface area contributed by atoms with Gasteiger partial charge in [-0.25, -0.2) is 4.79 Å². The molecule has 7 heteroatoms. The summed E-state index contributed by atoms with van der Waals surface area (Å²) in [7, 11) is 3.58. The third kappa shape index (κ3) is 7.73. The van der Waals surface area contributed by atoms with E-state index >= 15 is 0 Å². The van der Waals surface area contributed by atoms with Crippen molar-refractivity contribution >= 4 is 36.0 Å². The van der Waals surface area contributed by atoms with Crippen LogP contribution >= 0.6 is 24.0 Å². The molecule has 1 heterocycles. The molecule has 2 N–H and O–H groups in total. The zero-order chi connectivity index (χ0) is 15.2. The Balaban J connectivity index is 0.00000400. The van der Waals surface area contributed by atoms with Crippen molar-refractivity contribution in [3.8, 4) is 0 Å². The highest BCUT2D eigenvalue weighted by atomic mass is 127. The van der Waals surface area contributed by atoms with E-state index in [2.05, 4.69) is 15.6 Å². The Labute approximate surface area is 145 Å². The maximum atomic E-state index is 12.1. The number of ether oxygens (including phenoxy) is 1. The Bertz CT molecular complexity index is 355. The van der Waals surface area contributed by atoms with Gasteiger partial charge in [-0.05, 0) is 39.5 Å². The van der Waals surface area contributed by atoms with Crippen LogP contribution in [0.5, 0.6) is 0 Å². The van der Waals surface area contributed by atoms with Crippen molar-refractivity contribution in [2.24, 2.45) is 10.9 Å². The SMILES string of the molecule is CN=C(NC)NCC1CCCN(C(=O)OC(C)(C)C)C1.I. The Kier molecular flexibility index (Phi) is 9.00. The highest BCUT2D eigenvalue weighted by molar-refractivity contribution is 14.0. The van der Waals surface area contributed by atoms with Gasteiger partial charge in [-0.15, -0.1) is 24.0 Å². The van der Waals surface area contributed by atoms with Crippen LogP contribution in [0, 0.1) is 5.92 Å². The van der Waals surface area contributed by atoms with E-state index in [1.807, 2.05) is 32.7 Å². The quantitative estimate of drug-likeness (QED) is 0.414. The number of piperidine rings is 1. The van der Waals surface area contributed by atoms with Crippen LogP contribution in [-0.4, -0.2) is 56.3 Å². The Morgan fingerprint density at radius 3 is 2.62 bits per heavy atom. The number of likely N-dealkylation sites (tertiary alicyclic amines) is 1. The van der Waals surface area contributed by atoms with E-state index in [4.69, 9.17) is 4.74 Å². The molecule has 0 aromatic carbocycles. The Hall–Kier alpha value is -0.730. The molecule has 0 aliphatic carbocycles. The minimum atomic E-state index is -0.434. The van der Waals surface area contributed by atoms with Gasteiger partial charge in [-0.3, -0.25) is 4.99 Å². The second-order valence-corrected chi connectivity index (χ2v) is 6.14. The van der Waals surface area contributed by atoms with E-state index in [1.54, 1.807) is 7.05 Å². The molecule has 0 saturated carbocycles. The zero-order valence-electron chi connectivity index (χ0n) is 13.7. The number of rotatable bonds is 2. The predicted molar refractivity (Wildman–Crippen MR) is 96.4 cm³/mol. The molecule has 0 spiro atoms. The second-order valence-electron chi connectivity index (χ2n) is 6.14. The molecule has 1 atom stereocenters. The maximum Gasteiger partial charge on any atom is 0.410 e. The predicted octanol–water partition coefficient (Wildman–Crippen LogP) is 2.05. The monoisotopic (exact) mass is 412 g/mol. The number of nitrogens with one attached hydrogen (secondary N) is 2. The fourth-order valence-corrected chi connectivity index (χ4v) is 2.24. The molecule has 0 radical (unpaired) electrons. The molecule has 0 aromatic rings. The lowest BCUT2D eigenvalue weighted by atomic mass is 9.98. The van der Waals surface area contributed by atoms with Crippen LogP contribution < -0.4 is 10.6 Å². The molecule has 124 valence electrons. The summed E-state index contributed by atoms with van der Waals surface area (Å²) in [6.07, 6.45) is 1.93. The largest absolute Gasteiger partial charge is 0.444 e. The van der Waals surface area contributed by atoms with Gasteiger partial charge in [-0.2, -0.15) is 0 Å². The number of halogens is 1. The first-order chi connectivity index (χ1) is 9.35. The number of hydrogen-bond acceptors (Lipinski definition) is 3. The van der Waals surface area contributed by atoms with Gasteiger partial charge in [0, 0.05) is 33.7 Å². The third-order valence-corrected chi connectivity index (χ3v) is 3.19. The standard InChI is InChI=1S/C14H28N4O2.HI/c1-14(2,3)20-13(19)18-8-6-7-11(10-18)9-17-12(15-4)16-5;/h11H,6-10H2,1-5H3,(H2,15,16,17);1H. The van der Waals surface area contributed by atoms with Crippen molar-refractivity contribution < 1.29 is 9.53 Å². The highest BCUT2D eigenvalue weighted by Crippen LogP contribution is 2.18. The zero-order valence-corrected chi connectivity index (χ0v) is 16.1. The molecule has 1 unspecified atom stereocenters. The first-order valence-electron chi connectivity index (χ1n) is 7.22. The van der Waals surface area contributed by atoms with Gasteiger partial charge in [0.05, 0.1) is 0 Å². The summed E-state index contributed by atoms with van der Waals surface area (Å²) < 4.78 is 5.42. The number of guanidine groups is 1. The lowest BCUT2D eigenvalue weighted by Gasteiger charge is -2.34. The van der Waals surface area contributed by atoms with Crippen molar-refractivity contribution in [3.05, 3.63) is 0 Å². The van der Waals surface area contributed by atoms with Gasteiger partial charge in [-0.1, -0.05) is 0 Å². The van der Waals surface area contributed by atoms with Gasteiger partial charge >= 0.3 is 6.09 Å². The van der Waals surface area contributed by atoms with Crippen molar-refractivity contribution in [2.45, 2.75) is 39.2 Å². The van der Waals surface area contributed by atoms with E-state index in [0.717, 1.165) is 38.4 Å². The van der Waals surface area contributed by atoms with Crippen LogP contribution in [0.3, 0.4) is 0 Å². The van der Waals surface area contributed by atoms with Gasteiger partial charge in [0.1, 0.15) is 5.60 Å². The van der Waals surface area contributed by atoms with Crippen LogP contribution in [0.1, 0.15) is 33.6 Å². The number of aliphatic imine (C=N–C) groups is 1. The van der Waals surface area contributed by atoms with Gasteiger partial charge in [0.15, 0.2) is 5.96 Å². The van der Waals surface area contributed by atoms with Crippen LogP contribution in [-0.2, 0) is 4.74 Å². The molecular formula is C14H29IN4O2. The smallest absolute Gasteiger partial charge is 0.410 e. The normalized spacial score (nSPS) is 19.6. The minimum Gasteiger partial charge on any atom is -0.444 e. The molecule has 1 aliphatic rings. The second kappa shape index (κ2) is 9.32. The van der Waals surface area contributed by atoms with E-state index in [1.165, 1.54) is 0 Å². The first kappa shape index (κ1) is 20.3. The van der Waals surface area contributed by atoms with E-state index in [9.17, 15) is 4.79 Å². The number of carbonyl (C=O) groups excluding carboxylic acids is 1. The summed E-state index contributed by atoms with van der Waals surface area (Å²) in [4.78, 5) is 17.9. The van der Waals surface area contributed by atoms with Crippen molar-refractivity contribution in [2.75, 3.05) is 33.7 Å². The highest BCUT2D eigenvalue weighted by Gasteiger charge is 2.27. The maximum absolute atomic E-state index is 12.1. The Morgan fingerprint density at radius 1 is 1.43 bits per heavy atom. The molecule has 21 heavy (non-hydrogen) atoms. The lowest BCUT2D eigenvalue weighted by Crippen LogP contribution is -2.46. The molecule has 0 bridgehead atoms. The molecule has 6 nitrogen and oxygen atoms in total. The van der Waals surface area contributed by atoms with Crippen LogP contribution in [0.25, 0.3) is 0 Å². The lowest BCUT2D eigenvalue weighted by molar-refractivity contribution is 0.0168. The van der Waals surface area contributed by atoms with Crippen LogP contribution in [0.2, 0.25) is 0 Å². The van der Waals surface area contributed by atoms with Crippen LogP contribution in [0.4, 0.5) is 4.79 Å². The van der Waals surface area contributed by atoms with E-state index in [0.29, 0.717) is 5.92 Å². The summed E-state index contributed by atoms with van der Waals surface area (Å²) >= 11 is 0. The van der Waals surface area contributed by atoms with Crippen molar-refractivity contribution in [1.82, 2.24) is 15.5 Å². The first-order valence-corrected chi connectivity index (χ1v) is 7.22. The molecule has 1 fully saturated rings. The molecule has 1 saturated heterocycles. The molecule has 1 amide bonds. The van der Waals surface area contributed by atoms with E-state index in [-0.39, 0.29) is 30.1 Å². The number of amides is 1. The van der Waals surface area contributed by atoms with E-state index < -0.39 is 5.60 Å². The van der Waals surface area contributed by atoms with Gasteiger partial charge in [0.25, 0.3) is 0 Å². The number of nitrogens with zero attached hydrogens (tertiary/aromatic N) is 2. The Morgan fingerprint density at radius 2 is 2.10 bits per heavy atom. The molecule has 1 aliphatic heterocycles. The summed E-state index contributed by atoms with van der Waals surface area (Å²) in [5.74, 6) is 1.21. The van der Waals surface area contributed by atoms with Crippen molar-refractivity contribution in [1.29, 1.82) is 0 Å². The summed E-state index contributed by atoms with van der Waals surface area (Å²) in [6.45, 7) is 8.02.